The van der Waals surface area contributed by atoms with Gasteiger partial charge in [0.15, 0.2) is 5.69 Å². The molecule has 2 heterocycles. The van der Waals surface area contributed by atoms with Crippen molar-refractivity contribution in [2.24, 2.45) is 5.92 Å². The molecule has 1 saturated heterocycles. The highest BCUT2D eigenvalue weighted by Gasteiger charge is 2.35. The van der Waals surface area contributed by atoms with Crippen LogP contribution in [0.1, 0.15) is 56.0 Å². The number of aromatic nitrogens is 3. The van der Waals surface area contributed by atoms with Crippen LogP contribution in [0.3, 0.4) is 0 Å². The third-order valence-electron chi connectivity index (χ3n) is 6.64. The second kappa shape index (κ2) is 11.8. The zero-order valence-corrected chi connectivity index (χ0v) is 20.8. The third kappa shape index (κ3) is 6.80. The summed E-state index contributed by atoms with van der Waals surface area (Å²) in [6.07, 6.45) is 5.34. The molecule has 0 radical (unpaired) electrons. The number of amides is 1. The van der Waals surface area contributed by atoms with Gasteiger partial charge >= 0.3 is 0 Å². The quantitative estimate of drug-likeness (QED) is 0.449. The van der Waals surface area contributed by atoms with Gasteiger partial charge in [0.05, 0.1) is 30.4 Å². The summed E-state index contributed by atoms with van der Waals surface area (Å²) in [7, 11) is 1.87. The smallest absolute Gasteiger partial charge is 0.228 e. The van der Waals surface area contributed by atoms with E-state index < -0.39 is 0 Å². The Labute approximate surface area is 208 Å². The Morgan fingerprint density at radius 2 is 1.77 bits per heavy atom. The Morgan fingerprint density at radius 3 is 2.49 bits per heavy atom. The van der Waals surface area contributed by atoms with Crippen LogP contribution < -0.4 is 0 Å². The molecule has 1 fully saturated rings. The fourth-order valence-electron chi connectivity index (χ4n) is 4.59. The van der Waals surface area contributed by atoms with Crippen molar-refractivity contribution >= 4 is 5.91 Å². The van der Waals surface area contributed by atoms with Crippen LogP contribution in [0.25, 0.3) is 0 Å². The lowest BCUT2D eigenvalue weighted by Crippen LogP contribution is -2.37. The average molecular weight is 471 g/mol. The molecular formula is C29H34N4O2. The van der Waals surface area contributed by atoms with E-state index in [0.717, 1.165) is 24.8 Å². The topological polar surface area (TPSA) is 60.2 Å². The van der Waals surface area contributed by atoms with E-state index in [1.807, 2.05) is 73.4 Å². The summed E-state index contributed by atoms with van der Waals surface area (Å²) in [5.74, 6) is 6.24. The number of ether oxygens (including phenoxy) is 1. The van der Waals surface area contributed by atoms with Crippen LogP contribution in [-0.2, 0) is 22.5 Å². The monoisotopic (exact) mass is 470 g/mol. The molecule has 0 bridgehead atoms. The first-order valence-electron chi connectivity index (χ1n) is 12.4. The van der Waals surface area contributed by atoms with E-state index in [1.165, 1.54) is 5.56 Å². The first-order chi connectivity index (χ1) is 17.0. The van der Waals surface area contributed by atoms with Gasteiger partial charge in [-0.25, -0.2) is 4.68 Å². The summed E-state index contributed by atoms with van der Waals surface area (Å²) in [5, 5.41) is 8.49. The van der Waals surface area contributed by atoms with E-state index in [-0.39, 0.29) is 30.1 Å². The van der Waals surface area contributed by atoms with Crippen LogP contribution in [0.5, 0.6) is 0 Å². The van der Waals surface area contributed by atoms with Gasteiger partial charge in [0.1, 0.15) is 0 Å². The Bertz CT molecular complexity index is 1150. The molecule has 4 rings (SSSR count). The molecule has 0 aliphatic carbocycles. The number of carbonyl (C=O) groups is 1. The lowest BCUT2D eigenvalue weighted by atomic mass is 9.99. The van der Waals surface area contributed by atoms with Crippen molar-refractivity contribution in [2.45, 2.75) is 64.3 Å². The van der Waals surface area contributed by atoms with Gasteiger partial charge in [-0.05, 0) is 43.2 Å². The molecule has 0 N–H and O–H groups in total. The highest BCUT2D eigenvalue weighted by Crippen LogP contribution is 2.31. The van der Waals surface area contributed by atoms with Gasteiger partial charge in [-0.15, -0.1) is 5.10 Å². The second-order valence-electron chi connectivity index (χ2n) is 9.48. The van der Waals surface area contributed by atoms with Crippen LogP contribution in [0.4, 0.5) is 0 Å². The largest absolute Gasteiger partial charge is 0.374 e. The summed E-state index contributed by atoms with van der Waals surface area (Å²) in [5.41, 5.74) is 3.00. The Kier molecular flexibility index (Phi) is 8.33. The number of rotatable bonds is 8. The Balaban J connectivity index is 1.25. The van der Waals surface area contributed by atoms with Crippen molar-refractivity contribution in [3.8, 4) is 11.8 Å². The molecule has 35 heavy (non-hydrogen) atoms. The van der Waals surface area contributed by atoms with Crippen molar-refractivity contribution in [1.82, 2.24) is 19.9 Å². The van der Waals surface area contributed by atoms with Gasteiger partial charge in [-0.1, -0.05) is 78.7 Å². The minimum Gasteiger partial charge on any atom is -0.374 e. The number of benzene rings is 2. The minimum atomic E-state index is -0.165. The highest BCUT2D eigenvalue weighted by atomic mass is 16.5. The predicted molar refractivity (Wildman–Crippen MR) is 136 cm³/mol. The van der Waals surface area contributed by atoms with Gasteiger partial charge in [0.2, 0.25) is 5.91 Å². The van der Waals surface area contributed by atoms with Crippen molar-refractivity contribution in [3.63, 3.8) is 0 Å². The molecule has 4 atom stereocenters. The lowest BCUT2D eigenvalue weighted by molar-refractivity contribution is -0.139. The van der Waals surface area contributed by atoms with Crippen molar-refractivity contribution in [2.75, 3.05) is 7.05 Å². The number of hydrogen-bond donors (Lipinski definition) is 0. The maximum absolute atomic E-state index is 13.0. The average Bonchev–Trinajstić information content (AvgIpc) is 3.54. The molecular weight excluding hydrogens is 436 g/mol. The Morgan fingerprint density at radius 1 is 1.09 bits per heavy atom. The van der Waals surface area contributed by atoms with Crippen LogP contribution >= 0.6 is 0 Å². The van der Waals surface area contributed by atoms with Gasteiger partial charge in [-0.2, -0.15) is 0 Å². The first kappa shape index (κ1) is 24.7. The van der Waals surface area contributed by atoms with Crippen molar-refractivity contribution in [1.29, 1.82) is 0 Å². The summed E-state index contributed by atoms with van der Waals surface area (Å²) in [6, 6.07) is 20.4. The molecule has 0 saturated carbocycles. The van der Waals surface area contributed by atoms with Crippen molar-refractivity contribution in [3.05, 3.63) is 83.7 Å². The van der Waals surface area contributed by atoms with Gasteiger partial charge in [-0.3, -0.25) is 4.79 Å². The maximum Gasteiger partial charge on any atom is 0.228 e. The zero-order chi connectivity index (χ0) is 24.6. The molecule has 6 heteroatoms. The zero-order valence-electron chi connectivity index (χ0n) is 20.8. The van der Waals surface area contributed by atoms with Crippen LogP contribution in [0.15, 0.2) is 66.9 Å². The van der Waals surface area contributed by atoms with E-state index in [9.17, 15) is 4.79 Å². The summed E-state index contributed by atoms with van der Waals surface area (Å²) in [4.78, 5) is 14.8. The van der Waals surface area contributed by atoms with E-state index in [1.54, 1.807) is 4.90 Å². The van der Waals surface area contributed by atoms with Gasteiger partial charge < -0.3 is 9.64 Å². The minimum absolute atomic E-state index is 0.0481. The molecule has 6 nitrogen and oxygen atoms in total. The van der Waals surface area contributed by atoms with Crippen molar-refractivity contribution < 1.29 is 9.53 Å². The molecule has 2 aromatic carbocycles. The third-order valence-corrected chi connectivity index (χ3v) is 6.64. The fourth-order valence-corrected chi connectivity index (χ4v) is 4.59. The number of hydrogen-bond acceptors (Lipinski definition) is 4. The standard InChI is InChI=1S/C29H34N4O2/c1-22(33-21-26(30-31-33)16-10-15-24-11-6-4-7-12-24)19-27-17-18-28(35-27)23(2)29(34)32(3)20-25-13-8-5-9-14-25/h4-9,11-14,21-23,27-28H,15,17-20H2,1-3H3/t22-,23-,27+,28-/m1/s1. The molecule has 1 aliphatic heterocycles. The predicted octanol–water partition coefficient (Wildman–Crippen LogP) is 4.67. The van der Waals surface area contributed by atoms with E-state index in [4.69, 9.17) is 4.74 Å². The van der Waals surface area contributed by atoms with E-state index in [0.29, 0.717) is 18.7 Å². The second-order valence-corrected chi connectivity index (χ2v) is 9.48. The molecule has 1 amide bonds. The SMILES string of the molecule is C[C@H](C[C@@H]1CC[C@H]([C@@H](C)C(=O)N(C)Cc2ccccc2)O1)n1cc(C#CCc2ccccc2)nn1. The number of nitrogens with zero attached hydrogens (tertiary/aromatic N) is 4. The molecule has 1 aliphatic rings. The number of carbonyl (C=O) groups excluding carboxylic acids is 1. The normalized spacial score (nSPS) is 18.9. The summed E-state index contributed by atoms with van der Waals surface area (Å²) < 4.78 is 8.19. The van der Waals surface area contributed by atoms with E-state index >= 15 is 0 Å². The van der Waals surface area contributed by atoms with E-state index in [2.05, 4.69) is 41.2 Å². The molecule has 182 valence electrons. The van der Waals surface area contributed by atoms with Gasteiger partial charge in [0, 0.05) is 20.0 Å². The summed E-state index contributed by atoms with van der Waals surface area (Å²) in [6.45, 7) is 4.72. The van der Waals surface area contributed by atoms with Gasteiger partial charge in [0.25, 0.3) is 0 Å². The highest BCUT2D eigenvalue weighted by molar-refractivity contribution is 5.78. The Hall–Kier alpha value is -3.43. The lowest BCUT2D eigenvalue weighted by Gasteiger charge is -2.26. The van der Waals surface area contributed by atoms with Crippen LogP contribution in [-0.4, -0.2) is 45.1 Å². The maximum atomic E-state index is 13.0. The first-order valence-corrected chi connectivity index (χ1v) is 12.4. The van der Waals surface area contributed by atoms with Crippen LogP contribution in [0.2, 0.25) is 0 Å². The summed E-state index contributed by atoms with van der Waals surface area (Å²) >= 11 is 0. The molecule has 0 unspecified atom stereocenters. The van der Waals surface area contributed by atoms with Crippen LogP contribution in [0, 0.1) is 17.8 Å². The fraction of sp³-hybridized carbons (Fsp3) is 0.414. The molecule has 3 aromatic rings. The molecule has 0 spiro atoms. The molecule has 1 aromatic heterocycles.